The zero-order valence-electron chi connectivity index (χ0n) is 22.1. The third kappa shape index (κ3) is 4.87. The number of alkyl halides is 7. The van der Waals surface area contributed by atoms with Crippen molar-refractivity contribution in [1.82, 2.24) is 10.3 Å². The highest BCUT2D eigenvalue weighted by Gasteiger charge is 2.73. The first-order valence-corrected chi connectivity index (χ1v) is 14.7. The molecule has 43 heavy (non-hydrogen) atoms. The number of nitrogens with one attached hydrogen (secondary N) is 1. The molecule has 2 aliphatic rings. The fraction of sp³-hybridized carbons (Fsp3) is 0.379. The van der Waals surface area contributed by atoms with Crippen LogP contribution in [0.25, 0.3) is 0 Å². The standard InChI is InChI=1S/C29H24F8N2O3S/c30-20-3-5-21(6-4-20)43(41,42)26-12-9-22(25(40)39-16-17-10-13-38-14-11-17)24(26)7-1-18-15-19(2-8-23(18)26)27(31,28(32,33)34)29(35,36)37/h2-6,8,10-11,13-15,22,24H,1,7,9,12,16H2,(H,39,40)/t22-,24-,26+/m0/s1. The molecule has 1 aromatic heterocycles. The molecular weight excluding hydrogens is 608 g/mol. The molecular formula is C29H24F8N2O3S. The van der Waals surface area contributed by atoms with Crippen LogP contribution in [0.15, 0.2) is 71.9 Å². The Kier molecular flexibility index (Phi) is 7.59. The van der Waals surface area contributed by atoms with Gasteiger partial charge in [-0.2, -0.15) is 26.3 Å². The molecule has 5 nitrogen and oxygen atoms in total. The molecule has 3 aromatic rings. The minimum atomic E-state index is -6.35. The van der Waals surface area contributed by atoms with Crippen LogP contribution in [0.4, 0.5) is 35.1 Å². The van der Waals surface area contributed by atoms with Crippen LogP contribution in [0.2, 0.25) is 0 Å². The van der Waals surface area contributed by atoms with Crippen molar-refractivity contribution in [2.75, 3.05) is 0 Å². The zero-order chi connectivity index (χ0) is 31.4. The molecule has 0 radical (unpaired) electrons. The fourth-order valence-corrected chi connectivity index (χ4v) is 8.99. The van der Waals surface area contributed by atoms with Gasteiger partial charge in [-0.3, -0.25) is 9.78 Å². The molecule has 0 unspecified atom stereocenters. The molecule has 2 aromatic carbocycles. The van der Waals surface area contributed by atoms with Crippen molar-refractivity contribution in [2.45, 2.75) is 59.9 Å². The topological polar surface area (TPSA) is 76.1 Å². The van der Waals surface area contributed by atoms with Crippen LogP contribution in [0.3, 0.4) is 0 Å². The maximum absolute atomic E-state index is 14.9. The smallest absolute Gasteiger partial charge is 0.352 e. The van der Waals surface area contributed by atoms with E-state index < -0.39 is 61.7 Å². The second-order valence-corrected chi connectivity index (χ2v) is 12.9. The largest absolute Gasteiger partial charge is 0.435 e. The SMILES string of the molecule is O=C(NCc1ccncc1)[C@H]1CC[C@@]2(S(=O)(=O)c3ccc(F)cc3)c3ccc(C(F)(C(F)(F)F)C(F)(F)F)cc3CC[C@@H]12. The number of nitrogens with zero attached hydrogens (tertiary/aromatic N) is 1. The van der Waals surface area contributed by atoms with Gasteiger partial charge in [-0.05, 0) is 84.7 Å². The summed E-state index contributed by atoms with van der Waals surface area (Å²) in [6, 6.07) is 8.69. The number of benzene rings is 2. The number of amides is 1. The van der Waals surface area contributed by atoms with Gasteiger partial charge in [0.15, 0.2) is 9.84 Å². The minimum Gasteiger partial charge on any atom is -0.352 e. The summed E-state index contributed by atoms with van der Waals surface area (Å²) in [7, 11) is -4.52. The Bertz CT molecular complexity index is 1610. The number of pyridine rings is 1. The number of halogens is 8. The Morgan fingerprint density at radius 1 is 0.907 bits per heavy atom. The van der Waals surface area contributed by atoms with Crippen LogP contribution >= 0.6 is 0 Å². The Hall–Kier alpha value is -3.55. The average molecular weight is 633 g/mol. The van der Waals surface area contributed by atoms with Crippen LogP contribution in [0.1, 0.15) is 41.5 Å². The van der Waals surface area contributed by atoms with E-state index in [1.165, 1.54) is 12.4 Å². The molecule has 14 heteroatoms. The van der Waals surface area contributed by atoms with Crippen molar-refractivity contribution in [2.24, 2.45) is 11.8 Å². The highest BCUT2D eigenvalue weighted by molar-refractivity contribution is 7.92. The molecule has 0 aliphatic heterocycles. The maximum atomic E-state index is 14.9. The Morgan fingerprint density at radius 3 is 2.14 bits per heavy atom. The van der Waals surface area contributed by atoms with Crippen LogP contribution < -0.4 is 5.32 Å². The first kappa shape index (κ1) is 30.9. The molecule has 3 atom stereocenters. The van der Waals surface area contributed by atoms with Crippen molar-refractivity contribution in [3.05, 3.63) is 95.1 Å². The lowest BCUT2D eigenvalue weighted by atomic mass is 9.72. The molecule has 0 bridgehead atoms. The first-order valence-electron chi connectivity index (χ1n) is 13.2. The third-order valence-corrected chi connectivity index (χ3v) is 11.1. The maximum Gasteiger partial charge on any atom is 0.435 e. The van der Waals surface area contributed by atoms with Gasteiger partial charge in [0.1, 0.15) is 10.6 Å². The van der Waals surface area contributed by atoms with Gasteiger partial charge < -0.3 is 5.32 Å². The van der Waals surface area contributed by atoms with E-state index in [1.54, 1.807) is 12.1 Å². The fourth-order valence-electron chi connectivity index (χ4n) is 6.51. The second kappa shape index (κ2) is 10.6. The van der Waals surface area contributed by atoms with E-state index in [0.29, 0.717) is 12.1 Å². The summed E-state index contributed by atoms with van der Waals surface area (Å²) in [5, 5.41) is 2.77. The summed E-state index contributed by atoms with van der Waals surface area (Å²) in [5.41, 5.74) is -7.00. The summed E-state index contributed by atoms with van der Waals surface area (Å²) in [4.78, 5) is 16.9. The van der Waals surface area contributed by atoms with E-state index in [9.17, 15) is 48.3 Å². The van der Waals surface area contributed by atoms with Gasteiger partial charge in [-0.15, -0.1) is 0 Å². The second-order valence-electron chi connectivity index (χ2n) is 10.7. The molecule has 0 saturated heterocycles. The van der Waals surface area contributed by atoms with Gasteiger partial charge in [-0.25, -0.2) is 17.2 Å². The van der Waals surface area contributed by atoms with Crippen molar-refractivity contribution >= 4 is 15.7 Å². The Morgan fingerprint density at radius 2 is 1.53 bits per heavy atom. The number of carbonyl (C=O) groups is 1. The summed E-state index contributed by atoms with van der Waals surface area (Å²) >= 11 is 0. The Balaban J connectivity index is 1.62. The lowest BCUT2D eigenvalue weighted by Crippen LogP contribution is -2.51. The van der Waals surface area contributed by atoms with Crippen molar-refractivity contribution in [3.8, 4) is 0 Å². The van der Waals surface area contributed by atoms with Gasteiger partial charge in [0.05, 0.1) is 4.90 Å². The number of hydrogen-bond donors (Lipinski definition) is 1. The number of fused-ring (bicyclic) bond motifs is 3. The molecule has 2 aliphatic carbocycles. The summed E-state index contributed by atoms with van der Waals surface area (Å²) in [6.45, 7) is 0.107. The predicted molar refractivity (Wildman–Crippen MR) is 137 cm³/mol. The third-order valence-electron chi connectivity index (χ3n) is 8.53. The minimum absolute atomic E-state index is 0.0343. The molecule has 1 N–H and O–H groups in total. The molecule has 1 saturated carbocycles. The van der Waals surface area contributed by atoms with E-state index in [2.05, 4.69) is 10.3 Å². The number of hydrogen-bond acceptors (Lipinski definition) is 4. The van der Waals surface area contributed by atoms with Crippen LogP contribution in [0.5, 0.6) is 0 Å². The van der Waals surface area contributed by atoms with Gasteiger partial charge in [0, 0.05) is 30.4 Å². The summed E-state index contributed by atoms with van der Waals surface area (Å²) in [5.74, 6) is -3.02. The van der Waals surface area contributed by atoms with Gasteiger partial charge in [0.25, 0.3) is 0 Å². The van der Waals surface area contributed by atoms with E-state index in [0.717, 1.165) is 35.9 Å². The van der Waals surface area contributed by atoms with Gasteiger partial charge >= 0.3 is 18.0 Å². The number of aryl methyl sites for hydroxylation is 1. The van der Waals surface area contributed by atoms with E-state index in [1.807, 2.05) is 0 Å². The van der Waals surface area contributed by atoms with Crippen molar-refractivity contribution in [1.29, 1.82) is 0 Å². The zero-order valence-corrected chi connectivity index (χ0v) is 23.0. The Labute approximate surface area is 241 Å². The number of rotatable bonds is 6. The number of sulfone groups is 1. The van der Waals surface area contributed by atoms with Crippen molar-refractivity contribution in [3.63, 3.8) is 0 Å². The van der Waals surface area contributed by atoms with E-state index in [4.69, 9.17) is 0 Å². The normalized spacial score (nSPS) is 22.5. The van der Waals surface area contributed by atoms with Gasteiger partial charge in [0.2, 0.25) is 5.91 Å². The lowest BCUT2D eigenvalue weighted by Gasteiger charge is -2.42. The molecule has 0 spiro atoms. The lowest BCUT2D eigenvalue weighted by molar-refractivity contribution is -0.348. The highest BCUT2D eigenvalue weighted by atomic mass is 32.2. The first-order chi connectivity index (χ1) is 20.0. The van der Waals surface area contributed by atoms with E-state index in [-0.39, 0.29) is 48.3 Å². The molecule has 1 fully saturated rings. The molecule has 1 heterocycles. The van der Waals surface area contributed by atoms with Crippen LogP contribution in [-0.4, -0.2) is 31.7 Å². The monoisotopic (exact) mass is 632 g/mol. The molecule has 230 valence electrons. The predicted octanol–water partition coefficient (Wildman–Crippen LogP) is 6.47. The molecule has 1 amide bonds. The highest BCUT2D eigenvalue weighted by Crippen LogP contribution is 2.60. The van der Waals surface area contributed by atoms with Gasteiger partial charge in [-0.1, -0.05) is 18.2 Å². The summed E-state index contributed by atoms with van der Waals surface area (Å²) < 4.78 is 136. The van der Waals surface area contributed by atoms with Crippen molar-refractivity contribution < 1.29 is 48.3 Å². The summed E-state index contributed by atoms with van der Waals surface area (Å²) in [6.07, 6.45) is -10.1. The number of carbonyl (C=O) groups excluding carboxylic acids is 1. The number of aromatic nitrogens is 1. The van der Waals surface area contributed by atoms with Crippen LogP contribution in [0, 0.1) is 17.7 Å². The van der Waals surface area contributed by atoms with E-state index >= 15 is 0 Å². The van der Waals surface area contributed by atoms with Crippen LogP contribution in [-0.2, 0) is 38.0 Å². The quantitative estimate of drug-likeness (QED) is 0.250. The average Bonchev–Trinajstić information content (AvgIpc) is 3.37. The molecule has 5 rings (SSSR count).